The van der Waals surface area contributed by atoms with Crippen molar-refractivity contribution < 1.29 is 28.7 Å². The fraction of sp³-hybridized carbons (Fsp3) is 0.273. The second kappa shape index (κ2) is 8.27. The number of carbonyl (C=O) groups excluding carboxylic acids is 2. The highest BCUT2D eigenvalue weighted by molar-refractivity contribution is 6.46. The maximum Gasteiger partial charge on any atom is 0.295 e. The van der Waals surface area contributed by atoms with Gasteiger partial charge in [0.2, 0.25) is 0 Å². The van der Waals surface area contributed by atoms with E-state index in [9.17, 15) is 29.2 Å². The van der Waals surface area contributed by atoms with Gasteiger partial charge in [-0.2, -0.15) is 0 Å². The standard InChI is InChI=1S/C22H19FN2O6/c23-15-7-3-14(4-8-15)20(26)18-19(13-5-9-16(10-6-13)25(29)30)24(22(28)21(18)27)12-17-2-1-11-31-17/h3-10,17,19,26H,1-2,11-12H2. The van der Waals surface area contributed by atoms with Crippen LogP contribution in [0.5, 0.6) is 0 Å². The van der Waals surface area contributed by atoms with Crippen molar-refractivity contribution in [1.82, 2.24) is 4.90 Å². The van der Waals surface area contributed by atoms with E-state index in [0.29, 0.717) is 12.2 Å². The number of ketones is 1. The second-order valence-corrected chi connectivity index (χ2v) is 7.44. The maximum absolute atomic E-state index is 13.3. The van der Waals surface area contributed by atoms with Crippen molar-refractivity contribution in [2.75, 3.05) is 13.2 Å². The van der Waals surface area contributed by atoms with Crippen LogP contribution in [0.4, 0.5) is 10.1 Å². The van der Waals surface area contributed by atoms with Crippen molar-refractivity contribution >= 4 is 23.1 Å². The summed E-state index contributed by atoms with van der Waals surface area (Å²) in [5.41, 5.74) is 0.330. The molecule has 0 spiro atoms. The molecule has 0 saturated carbocycles. The van der Waals surface area contributed by atoms with Gasteiger partial charge in [-0.1, -0.05) is 0 Å². The van der Waals surface area contributed by atoms with E-state index in [1.165, 1.54) is 41.3 Å². The van der Waals surface area contributed by atoms with Crippen LogP contribution in [-0.2, 0) is 14.3 Å². The molecule has 0 radical (unpaired) electrons. The zero-order valence-corrected chi connectivity index (χ0v) is 16.4. The summed E-state index contributed by atoms with van der Waals surface area (Å²) in [5, 5.41) is 21.9. The number of nitrogens with zero attached hydrogens (tertiary/aromatic N) is 2. The Balaban J connectivity index is 1.81. The van der Waals surface area contributed by atoms with E-state index in [0.717, 1.165) is 25.0 Å². The van der Waals surface area contributed by atoms with Gasteiger partial charge in [-0.3, -0.25) is 19.7 Å². The van der Waals surface area contributed by atoms with Gasteiger partial charge in [0.15, 0.2) is 0 Å². The summed E-state index contributed by atoms with van der Waals surface area (Å²) in [6, 6.07) is 9.41. The smallest absolute Gasteiger partial charge is 0.295 e. The van der Waals surface area contributed by atoms with E-state index in [-0.39, 0.29) is 29.5 Å². The first kappa shape index (κ1) is 20.7. The second-order valence-electron chi connectivity index (χ2n) is 7.44. The Hall–Kier alpha value is -3.59. The summed E-state index contributed by atoms with van der Waals surface area (Å²) >= 11 is 0. The zero-order valence-electron chi connectivity index (χ0n) is 16.4. The number of Topliss-reactive ketones (excluding diaryl/α,β-unsaturated/α-hetero) is 1. The number of hydrogen-bond donors (Lipinski definition) is 1. The Bertz CT molecular complexity index is 1060. The van der Waals surface area contributed by atoms with Crippen LogP contribution in [0, 0.1) is 15.9 Å². The monoisotopic (exact) mass is 426 g/mol. The highest BCUT2D eigenvalue weighted by Gasteiger charge is 2.47. The lowest BCUT2D eigenvalue weighted by Crippen LogP contribution is -2.36. The first-order chi connectivity index (χ1) is 14.9. The molecule has 160 valence electrons. The fourth-order valence-electron chi connectivity index (χ4n) is 3.96. The number of aliphatic hydroxyl groups is 1. The number of non-ortho nitro benzene ring substituents is 1. The third-order valence-electron chi connectivity index (χ3n) is 5.50. The number of likely N-dealkylation sites (tertiary alicyclic amines) is 1. The number of ether oxygens (including phenoxy) is 1. The molecule has 0 bridgehead atoms. The highest BCUT2D eigenvalue weighted by Crippen LogP contribution is 2.40. The molecule has 8 nitrogen and oxygen atoms in total. The molecule has 31 heavy (non-hydrogen) atoms. The van der Waals surface area contributed by atoms with Gasteiger partial charge in [0.05, 0.1) is 22.6 Å². The average Bonchev–Trinajstić information content (AvgIpc) is 3.36. The number of nitro groups is 1. The highest BCUT2D eigenvalue weighted by atomic mass is 19.1. The largest absolute Gasteiger partial charge is 0.507 e. The molecule has 2 aromatic carbocycles. The van der Waals surface area contributed by atoms with Crippen LogP contribution in [0.15, 0.2) is 54.1 Å². The van der Waals surface area contributed by atoms with Gasteiger partial charge < -0.3 is 14.7 Å². The molecule has 2 aromatic rings. The Morgan fingerprint density at radius 1 is 1.16 bits per heavy atom. The molecule has 9 heteroatoms. The molecule has 2 heterocycles. The Kier molecular flexibility index (Phi) is 5.51. The van der Waals surface area contributed by atoms with Crippen LogP contribution in [0.3, 0.4) is 0 Å². The van der Waals surface area contributed by atoms with Crippen molar-refractivity contribution in [1.29, 1.82) is 0 Å². The van der Waals surface area contributed by atoms with E-state index in [2.05, 4.69) is 0 Å². The topological polar surface area (TPSA) is 110 Å². The zero-order chi connectivity index (χ0) is 22.1. The summed E-state index contributed by atoms with van der Waals surface area (Å²) < 4.78 is 18.9. The minimum absolute atomic E-state index is 0.140. The summed E-state index contributed by atoms with van der Waals surface area (Å²) in [4.78, 5) is 37.5. The molecule has 1 N–H and O–H groups in total. The molecule has 1 amide bonds. The quantitative estimate of drug-likeness (QED) is 0.258. The third kappa shape index (κ3) is 3.91. The summed E-state index contributed by atoms with van der Waals surface area (Å²) in [7, 11) is 0. The fourth-order valence-corrected chi connectivity index (χ4v) is 3.96. The van der Waals surface area contributed by atoms with Crippen LogP contribution < -0.4 is 0 Å². The molecular formula is C22H19FN2O6. The van der Waals surface area contributed by atoms with Crippen LogP contribution in [0.2, 0.25) is 0 Å². The van der Waals surface area contributed by atoms with Gasteiger partial charge in [-0.15, -0.1) is 0 Å². The van der Waals surface area contributed by atoms with E-state index in [1.807, 2.05) is 0 Å². The van der Waals surface area contributed by atoms with Gasteiger partial charge in [-0.05, 0) is 54.8 Å². The normalized spacial score (nSPS) is 22.8. The van der Waals surface area contributed by atoms with Gasteiger partial charge in [0, 0.05) is 30.8 Å². The molecule has 2 atom stereocenters. The Morgan fingerprint density at radius 3 is 2.42 bits per heavy atom. The number of hydrogen-bond acceptors (Lipinski definition) is 6. The minimum Gasteiger partial charge on any atom is -0.507 e. The van der Waals surface area contributed by atoms with E-state index >= 15 is 0 Å². The SMILES string of the molecule is O=C1C(=O)N(CC2CCCO2)C(c2ccc([N+](=O)[O-])cc2)C1=C(O)c1ccc(F)cc1. The molecule has 2 aliphatic rings. The number of aliphatic hydroxyl groups excluding tert-OH is 1. The molecule has 0 aliphatic carbocycles. The first-order valence-electron chi connectivity index (χ1n) is 9.77. The molecule has 0 aromatic heterocycles. The number of benzene rings is 2. The van der Waals surface area contributed by atoms with E-state index < -0.39 is 34.2 Å². The van der Waals surface area contributed by atoms with Crippen LogP contribution >= 0.6 is 0 Å². The van der Waals surface area contributed by atoms with Crippen LogP contribution in [-0.4, -0.2) is 45.9 Å². The lowest BCUT2D eigenvalue weighted by Gasteiger charge is -2.27. The van der Waals surface area contributed by atoms with Crippen molar-refractivity contribution in [2.45, 2.75) is 25.0 Å². The first-order valence-corrected chi connectivity index (χ1v) is 9.77. The van der Waals surface area contributed by atoms with Gasteiger partial charge >= 0.3 is 0 Å². The Morgan fingerprint density at radius 2 is 1.84 bits per heavy atom. The minimum atomic E-state index is -0.949. The van der Waals surface area contributed by atoms with Crippen LogP contribution in [0.25, 0.3) is 5.76 Å². The number of nitro benzene ring substituents is 1. The number of halogens is 1. The third-order valence-corrected chi connectivity index (χ3v) is 5.50. The maximum atomic E-state index is 13.3. The van der Waals surface area contributed by atoms with Gasteiger partial charge in [0.1, 0.15) is 11.6 Å². The van der Waals surface area contributed by atoms with E-state index in [4.69, 9.17) is 4.74 Å². The van der Waals surface area contributed by atoms with Crippen molar-refractivity contribution in [2.24, 2.45) is 0 Å². The summed E-state index contributed by atoms with van der Waals surface area (Å²) in [5.74, 6) is -2.61. The molecule has 2 saturated heterocycles. The number of amides is 1. The molecule has 2 fully saturated rings. The lowest BCUT2D eigenvalue weighted by molar-refractivity contribution is -0.384. The van der Waals surface area contributed by atoms with Gasteiger partial charge in [-0.25, -0.2) is 4.39 Å². The van der Waals surface area contributed by atoms with E-state index in [1.54, 1.807) is 0 Å². The Labute approximate surface area is 176 Å². The van der Waals surface area contributed by atoms with Crippen LogP contribution in [0.1, 0.15) is 30.0 Å². The summed E-state index contributed by atoms with van der Waals surface area (Å²) in [6.07, 6.45) is 1.32. The molecule has 4 rings (SSSR count). The average molecular weight is 426 g/mol. The number of carbonyl (C=O) groups is 2. The predicted octanol–water partition coefficient (Wildman–Crippen LogP) is 3.33. The van der Waals surface area contributed by atoms with Crippen molar-refractivity contribution in [3.63, 3.8) is 0 Å². The lowest BCUT2D eigenvalue weighted by atomic mass is 9.95. The van der Waals surface area contributed by atoms with Gasteiger partial charge in [0.25, 0.3) is 17.4 Å². The predicted molar refractivity (Wildman–Crippen MR) is 107 cm³/mol. The summed E-state index contributed by atoms with van der Waals surface area (Å²) in [6.45, 7) is 0.707. The number of rotatable bonds is 5. The van der Waals surface area contributed by atoms with Crippen molar-refractivity contribution in [3.05, 3.63) is 81.2 Å². The van der Waals surface area contributed by atoms with Crippen molar-refractivity contribution in [3.8, 4) is 0 Å². The molecule has 2 aliphatic heterocycles. The molecular weight excluding hydrogens is 407 g/mol. The molecule has 2 unspecified atom stereocenters.